The molecule has 5 nitrogen and oxygen atoms in total. The summed E-state index contributed by atoms with van der Waals surface area (Å²) in [6.45, 7) is 3.92. The SMILES string of the molecule is CC(CNC(=O)C1CCN(C(=O)c2ccco2)CC1)c1ccccc1. The van der Waals surface area contributed by atoms with Crippen molar-refractivity contribution in [3.8, 4) is 0 Å². The van der Waals surface area contributed by atoms with Gasteiger partial charge in [0.2, 0.25) is 5.91 Å². The molecule has 1 fully saturated rings. The van der Waals surface area contributed by atoms with Crippen molar-refractivity contribution in [2.24, 2.45) is 5.92 Å². The van der Waals surface area contributed by atoms with Crippen molar-refractivity contribution in [3.63, 3.8) is 0 Å². The van der Waals surface area contributed by atoms with Crippen LogP contribution in [0.25, 0.3) is 0 Å². The molecule has 2 aromatic rings. The van der Waals surface area contributed by atoms with Crippen molar-refractivity contribution in [1.29, 1.82) is 0 Å². The van der Waals surface area contributed by atoms with Gasteiger partial charge >= 0.3 is 0 Å². The largest absolute Gasteiger partial charge is 0.459 e. The summed E-state index contributed by atoms with van der Waals surface area (Å²) in [5, 5.41) is 3.06. The van der Waals surface area contributed by atoms with Gasteiger partial charge in [-0.15, -0.1) is 0 Å². The van der Waals surface area contributed by atoms with Crippen molar-refractivity contribution < 1.29 is 14.0 Å². The lowest BCUT2D eigenvalue weighted by Gasteiger charge is -2.31. The third-order valence-electron chi connectivity index (χ3n) is 4.84. The number of amides is 2. The van der Waals surface area contributed by atoms with Crippen LogP contribution in [-0.2, 0) is 4.79 Å². The third-order valence-corrected chi connectivity index (χ3v) is 4.84. The number of carbonyl (C=O) groups excluding carboxylic acids is 2. The topological polar surface area (TPSA) is 62.6 Å². The Labute approximate surface area is 148 Å². The van der Waals surface area contributed by atoms with Gasteiger partial charge in [-0.2, -0.15) is 0 Å². The molecule has 1 N–H and O–H groups in total. The van der Waals surface area contributed by atoms with Gasteiger partial charge in [0.05, 0.1) is 6.26 Å². The van der Waals surface area contributed by atoms with Gasteiger partial charge in [0.15, 0.2) is 5.76 Å². The Bertz CT molecular complexity index is 689. The van der Waals surface area contributed by atoms with Gasteiger partial charge in [-0.1, -0.05) is 37.3 Å². The molecule has 1 aliphatic heterocycles. The Morgan fingerprint density at radius 3 is 2.52 bits per heavy atom. The molecule has 132 valence electrons. The van der Waals surface area contributed by atoms with Crippen molar-refractivity contribution in [2.45, 2.75) is 25.7 Å². The first-order chi connectivity index (χ1) is 12.1. The van der Waals surface area contributed by atoms with E-state index in [4.69, 9.17) is 4.42 Å². The monoisotopic (exact) mass is 340 g/mol. The molecule has 5 heteroatoms. The number of rotatable bonds is 5. The highest BCUT2D eigenvalue weighted by Gasteiger charge is 2.28. The summed E-state index contributed by atoms with van der Waals surface area (Å²) >= 11 is 0. The minimum Gasteiger partial charge on any atom is -0.459 e. The first-order valence-electron chi connectivity index (χ1n) is 8.80. The Balaban J connectivity index is 1.45. The van der Waals surface area contributed by atoms with E-state index < -0.39 is 0 Å². The van der Waals surface area contributed by atoms with Gasteiger partial charge < -0.3 is 14.6 Å². The molecule has 1 aliphatic rings. The molecule has 1 saturated heterocycles. The fraction of sp³-hybridized carbons (Fsp3) is 0.400. The Morgan fingerprint density at radius 2 is 1.88 bits per heavy atom. The first kappa shape index (κ1) is 17.3. The molecule has 1 aromatic carbocycles. The summed E-state index contributed by atoms with van der Waals surface area (Å²) in [7, 11) is 0. The molecule has 0 bridgehead atoms. The van der Waals surface area contributed by atoms with Crippen LogP contribution < -0.4 is 5.32 Å². The van der Waals surface area contributed by atoms with Gasteiger partial charge in [-0.25, -0.2) is 0 Å². The standard InChI is InChI=1S/C20H24N2O3/c1-15(16-6-3-2-4-7-16)14-21-19(23)17-9-11-22(12-10-17)20(24)18-8-5-13-25-18/h2-8,13,15,17H,9-12,14H2,1H3,(H,21,23). The molecule has 0 radical (unpaired) electrons. The van der Waals surface area contributed by atoms with E-state index in [2.05, 4.69) is 24.4 Å². The van der Waals surface area contributed by atoms with Crippen molar-refractivity contribution in [3.05, 3.63) is 60.1 Å². The van der Waals surface area contributed by atoms with Gasteiger partial charge in [0, 0.05) is 25.6 Å². The summed E-state index contributed by atoms with van der Waals surface area (Å²) in [6.07, 6.45) is 2.89. The first-order valence-corrected chi connectivity index (χ1v) is 8.80. The van der Waals surface area contributed by atoms with Crippen LogP contribution in [0.1, 0.15) is 41.8 Å². The smallest absolute Gasteiger partial charge is 0.289 e. The average Bonchev–Trinajstić information content (AvgIpc) is 3.21. The second-order valence-electron chi connectivity index (χ2n) is 6.60. The summed E-state index contributed by atoms with van der Waals surface area (Å²) < 4.78 is 5.16. The summed E-state index contributed by atoms with van der Waals surface area (Å²) in [6, 6.07) is 13.6. The Kier molecular flexibility index (Phi) is 5.53. The maximum absolute atomic E-state index is 12.4. The minimum absolute atomic E-state index is 0.0244. The lowest BCUT2D eigenvalue weighted by molar-refractivity contribution is -0.126. The van der Waals surface area contributed by atoms with E-state index in [1.54, 1.807) is 17.0 Å². The molecule has 25 heavy (non-hydrogen) atoms. The van der Waals surface area contributed by atoms with Crippen LogP contribution in [0.5, 0.6) is 0 Å². The lowest BCUT2D eigenvalue weighted by Crippen LogP contribution is -2.43. The van der Waals surface area contributed by atoms with Crippen molar-refractivity contribution in [2.75, 3.05) is 19.6 Å². The zero-order chi connectivity index (χ0) is 17.6. The Hall–Kier alpha value is -2.56. The van der Waals surface area contributed by atoms with E-state index in [0.717, 1.165) is 0 Å². The predicted molar refractivity (Wildman–Crippen MR) is 95.2 cm³/mol. The van der Waals surface area contributed by atoms with Crippen LogP contribution in [0, 0.1) is 5.92 Å². The van der Waals surface area contributed by atoms with E-state index in [1.807, 2.05) is 18.2 Å². The second kappa shape index (κ2) is 8.01. The van der Waals surface area contributed by atoms with Crippen LogP contribution in [0.4, 0.5) is 0 Å². The minimum atomic E-state index is -0.0958. The predicted octanol–water partition coefficient (Wildman–Crippen LogP) is 3.05. The number of nitrogens with one attached hydrogen (secondary N) is 1. The number of hydrogen-bond donors (Lipinski definition) is 1. The average molecular weight is 340 g/mol. The van der Waals surface area contributed by atoms with Gasteiger partial charge in [0.1, 0.15) is 0 Å². The van der Waals surface area contributed by atoms with Gasteiger partial charge in [-0.05, 0) is 36.5 Å². The summed E-state index contributed by atoms with van der Waals surface area (Å²) in [5.41, 5.74) is 1.22. The molecule has 3 rings (SSSR count). The molecule has 2 amide bonds. The molecule has 2 heterocycles. The van der Waals surface area contributed by atoms with E-state index in [9.17, 15) is 9.59 Å². The zero-order valence-electron chi connectivity index (χ0n) is 14.5. The highest BCUT2D eigenvalue weighted by atomic mass is 16.3. The number of nitrogens with zero attached hydrogens (tertiary/aromatic N) is 1. The summed E-state index contributed by atoms with van der Waals surface area (Å²) in [5.74, 6) is 0.614. The molecule has 1 unspecified atom stereocenters. The highest BCUT2D eigenvalue weighted by molar-refractivity contribution is 5.91. The number of hydrogen-bond acceptors (Lipinski definition) is 3. The quantitative estimate of drug-likeness (QED) is 0.910. The van der Waals surface area contributed by atoms with Crippen molar-refractivity contribution >= 4 is 11.8 Å². The van der Waals surface area contributed by atoms with Crippen LogP contribution in [0.2, 0.25) is 0 Å². The summed E-state index contributed by atoms with van der Waals surface area (Å²) in [4.78, 5) is 26.4. The van der Waals surface area contributed by atoms with Gasteiger partial charge in [0.25, 0.3) is 5.91 Å². The van der Waals surface area contributed by atoms with E-state index in [1.165, 1.54) is 11.8 Å². The van der Waals surface area contributed by atoms with Gasteiger partial charge in [-0.3, -0.25) is 9.59 Å². The fourth-order valence-corrected chi connectivity index (χ4v) is 3.20. The van der Waals surface area contributed by atoms with E-state index in [-0.39, 0.29) is 23.7 Å². The maximum atomic E-state index is 12.4. The van der Waals surface area contributed by atoms with Crippen molar-refractivity contribution in [1.82, 2.24) is 10.2 Å². The number of benzene rings is 1. The molecule has 1 aromatic heterocycles. The third kappa shape index (κ3) is 4.29. The molecule has 0 aliphatic carbocycles. The molecule has 1 atom stereocenters. The molecular weight excluding hydrogens is 316 g/mol. The fourth-order valence-electron chi connectivity index (χ4n) is 3.20. The van der Waals surface area contributed by atoms with Crippen LogP contribution in [0.3, 0.4) is 0 Å². The number of likely N-dealkylation sites (tertiary alicyclic amines) is 1. The number of furan rings is 1. The zero-order valence-corrected chi connectivity index (χ0v) is 14.5. The van der Waals surface area contributed by atoms with Crippen LogP contribution >= 0.6 is 0 Å². The molecule has 0 spiro atoms. The van der Waals surface area contributed by atoms with E-state index >= 15 is 0 Å². The Morgan fingerprint density at radius 1 is 1.16 bits per heavy atom. The number of carbonyl (C=O) groups is 2. The maximum Gasteiger partial charge on any atom is 0.289 e. The normalized spacial score (nSPS) is 16.4. The molecular formula is C20H24N2O3. The van der Waals surface area contributed by atoms with Crippen LogP contribution in [-0.4, -0.2) is 36.3 Å². The number of piperidine rings is 1. The molecule has 0 saturated carbocycles. The van der Waals surface area contributed by atoms with Crippen LogP contribution in [0.15, 0.2) is 53.1 Å². The lowest BCUT2D eigenvalue weighted by atomic mass is 9.95. The second-order valence-corrected chi connectivity index (χ2v) is 6.60. The van der Waals surface area contributed by atoms with E-state index in [0.29, 0.717) is 38.2 Å². The highest BCUT2D eigenvalue weighted by Crippen LogP contribution is 2.20.